The number of amides is 1. The maximum Gasteiger partial charge on any atom is 0.252 e. The number of rotatable bonds is 1. The monoisotopic (exact) mass is 208 g/mol. The van der Waals surface area contributed by atoms with Crippen LogP contribution < -0.4 is 5.32 Å². The number of nitrogens with zero attached hydrogens (tertiary/aromatic N) is 1. The van der Waals surface area contributed by atoms with Gasteiger partial charge in [0.25, 0.3) is 5.91 Å². The van der Waals surface area contributed by atoms with E-state index in [-0.39, 0.29) is 5.91 Å². The highest BCUT2D eigenvalue weighted by atomic mass is 16.5. The van der Waals surface area contributed by atoms with Crippen molar-refractivity contribution in [1.29, 1.82) is 0 Å². The highest BCUT2D eigenvalue weighted by Crippen LogP contribution is 2.24. The summed E-state index contributed by atoms with van der Waals surface area (Å²) in [6.07, 6.45) is 6.64. The van der Waals surface area contributed by atoms with Gasteiger partial charge in [0, 0.05) is 7.05 Å². The summed E-state index contributed by atoms with van der Waals surface area (Å²) in [6, 6.07) is 0. The Hall–Kier alpha value is -1.45. The molecule has 0 bridgehead atoms. The second kappa shape index (κ2) is 3.96. The van der Waals surface area contributed by atoms with Crippen LogP contribution >= 0.6 is 0 Å². The Morgan fingerprint density at radius 3 is 2.87 bits per heavy atom. The molecule has 0 aliphatic heterocycles. The van der Waals surface area contributed by atoms with Crippen molar-refractivity contribution in [3.63, 3.8) is 0 Å². The van der Waals surface area contributed by atoms with Gasteiger partial charge in [-0.25, -0.2) is 0 Å². The van der Waals surface area contributed by atoms with Gasteiger partial charge in [-0.05, 0) is 31.2 Å². The SMILES string of the molecule is CNC(=O)c1cn(O)c2c1CCCCC2. The predicted molar refractivity (Wildman–Crippen MR) is 56.3 cm³/mol. The molecule has 1 aromatic rings. The van der Waals surface area contributed by atoms with Crippen LogP contribution in [0.15, 0.2) is 6.20 Å². The van der Waals surface area contributed by atoms with Crippen LogP contribution in [-0.4, -0.2) is 22.9 Å². The van der Waals surface area contributed by atoms with Crippen LogP contribution in [0.1, 0.15) is 40.9 Å². The molecule has 0 saturated heterocycles. The van der Waals surface area contributed by atoms with E-state index >= 15 is 0 Å². The molecule has 1 aromatic heterocycles. The van der Waals surface area contributed by atoms with Crippen molar-refractivity contribution in [2.75, 3.05) is 7.05 Å². The van der Waals surface area contributed by atoms with E-state index in [2.05, 4.69) is 5.32 Å². The van der Waals surface area contributed by atoms with Gasteiger partial charge in [-0.1, -0.05) is 6.42 Å². The normalized spacial score (nSPS) is 15.5. The van der Waals surface area contributed by atoms with Gasteiger partial charge >= 0.3 is 0 Å². The third-order valence-corrected chi connectivity index (χ3v) is 3.01. The highest BCUT2D eigenvalue weighted by molar-refractivity contribution is 5.95. The van der Waals surface area contributed by atoms with Gasteiger partial charge in [-0.2, -0.15) is 4.73 Å². The van der Waals surface area contributed by atoms with Gasteiger partial charge in [0.05, 0.1) is 17.5 Å². The van der Waals surface area contributed by atoms with Crippen molar-refractivity contribution in [2.45, 2.75) is 32.1 Å². The Kier molecular flexibility index (Phi) is 2.66. The first-order valence-electron chi connectivity index (χ1n) is 5.38. The minimum atomic E-state index is -0.110. The molecule has 2 rings (SSSR count). The molecule has 4 heteroatoms. The van der Waals surface area contributed by atoms with Crippen molar-refractivity contribution < 1.29 is 10.0 Å². The number of carbonyl (C=O) groups is 1. The molecule has 0 unspecified atom stereocenters. The van der Waals surface area contributed by atoms with Crippen LogP contribution in [0.3, 0.4) is 0 Å². The lowest BCUT2D eigenvalue weighted by atomic mass is 10.1. The standard InChI is InChI=1S/C11H16N2O2/c1-12-11(14)9-7-13(15)10-6-4-2-3-5-8(9)10/h7,15H,2-6H2,1H3,(H,12,14). The van der Waals surface area contributed by atoms with E-state index in [9.17, 15) is 10.0 Å². The number of fused-ring (bicyclic) bond motifs is 1. The Morgan fingerprint density at radius 1 is 1.40 bits per heavy atom. The van der Waals surface area contributed by atoms with Crippen LogP contribution in [0.5, 0.6) is 0 Å². The lowest BCUT2D eigenvalue weighted by Crippen LogP contribution is -2.18. The molecule has 0 atom stereocenters. The number of hydrogen-bond acceptors (Lipinski definition) is 2. The molecule has 1 heterocycles. The summed E-state index contributed by atoms with van der Waals surface area (Å²) in [6.45, 7) is 0. The quantitative estimate of drug-likeness (QED) is 0.540. The van der Waals surface area contributed by atoms with E-state index in [4.69, 9.17) is 0 Å². The topological polar surface area (TPSA) is 54.3 Å². The second-order valence-corrected chi connectivity index (χ2v) is 3.95. The molecule has 0 spiro atoms. The summed E-state index contributed by atoms with van der Waals surface area (Å²) in [7, 11) is 1.61. The van der Waals surface area contributed by atoms with Crippen molar-refractivity contribution in [3.8, 4) is 0 Å². The zero-order chi connectivity index (χ0) is 10.8. The fourth-order valence-electron chi connectivity index (χ4n) is 2.22. The first-order chi connectivity index (χ1) is 7.24. The molecule has 0 saturated carbocycles. The Balaban J connectivity index is 2.44. The van der Waals surface area contributed by atoms with Gasteiger partial charge in [0.15, 0.2) is 0 Å². The van der Waals surface area contributed by atoms with Crippen LogP contribution in [0.2, 0.25) is 0 Å². The van der Waals surface area contributed by atoms with Crippen molar-refractivity contribution >= 4 is 5.91 Å². The van der Waals surface area contributed by atoms with Gasteiger partial charge in [-0.3, -0.25) is 4.79 Å². The van der Waals surface area contributed by atoms with E-state index < -0.39 is 0 Å². The fraction of sp³-hybridized carbons (Fsp3) is 0.545. The maximum absolute atomic E-state index is 11.6. The Labute approximate surface area is 88.9 Å². The van der Waals surface area contributed by atoms with Crippen LogP contribution in [0.4, 0.5) is 0 Å². The molecule has 0 radical (unpaired) electrons. The summed E-state index contributed by atoms with van der Waals surface area (Å²) < 4.78 is 1.12. The highest BCUT2D eigenvalue weighted by Gasteiger charge is 2.21. The predicted octanol–water partition coefficient (Wildman–Crippen LogP) is 1.35. The summed E-state index contributed by atoms with van der Waals surface area (Å²) >= 11 is 0. The zero-order valence-electron chi connectivity index (χ0n) is 8.92. The Bertz CT molecular complexity index is 382. The minimum Gasteiger partial charge on any atom is -0.429 e. The van der Waals surface area contributed by atoms with Crippen molar-refractivity contribution in [3.05, 3.63) is 23.0 Å². The summed E-state index contributed by atoms with van der Waals surface area (Å²) in [5, 5.41) is 12.3. The average molecular weight is 208 g/mol. The van der Waals surface area contributed by atoms with E-state index in [0.29, 0.717) is 5.56 Å². The molecule has 15 heavy (non-hydrogen) atoms. The number of nitrogens with one attached hydrogen (secondary N) is 1. The van der Waals surface area contributed by atoms with Crippen LogP contribution in [0, 0.1) is 0 Å². The zero-order valence-corrected chi connectivity index (χ0v) is 8.92. The second-order valence-electron chi connectivity index (χ2n) is 3.95. The smallest absolute Gasteiger partial charge is 0.252 e. The van der Waals surface area contributed by atoms with Gasteiger partial charge in [-0.15, -0.1) is 0 Å². The molecule has 1 aliphatic carbocycles. The van der Waals surface area contributed by atoms with Crippen molar-refractivity contribution in [2.24, 2.45) is 0 Å². The largest absolute Gasteiger partial charge is 0.429 e. The number of carbonyl (C=O) groups excluding carboxylic acids is 1. The summed E-state index contributed by atoms with van der Waals surface area (Å²) in [4.78, 5) is 11.6. The van der Waals surface area contributed by atoms with Gasteiger partial charge in [0.1, 0.15) is 0 Å². The van der Waals surface area contributed by atoms with Gasteiger partial charge < -0.3 is 10.5 Å². The minimum absolute atomic E-state index is 0.110. The number of hydrogen-bond donors (Lipinski definition) is 2. The molecule has 1 amide bonds. The third-order valence-electron chi connectivity index (χ3n) is 3.01. The van der Waals surface area contributed by atoms with E-state index in [1.165, 1.54) is 12.6 Å². The molecule has 2 N–H and O–H groups in total. The average Bonchev–Trinajstić information content (AvgIpc) is 2.45. The molecule has 82 valence electrons. The van der Waals surface area contributed by atoms with Crippen LogP contribution in [-0.2, 0) is 12.8 Å². The molecular formula is C11H16N2O2. The van der Waals surface area contributed by atoms with E-state index in [1.807, 2.05) is 0 Å². The fourth-order valence-corrected chi connectivity index (χ4v) is 2.22. The first kappa shape index (κ1) is 10.1. The van der Waals surface area contributed by atoms with Gasteiger partial charge in [0.2, 0.25) is 0 Å². The van der Waals surface area contributed by atoms with E-state index in [0.717, 1.165) is 41.7 Å². The lowest BCUT2D eigenvalue weighted by Gasteiger charge is -2.02. The van der Waals surface area contributed by atoms with Crippen molar-refractivity contribution in [1.82, 2.24) is 10.0 Å². The maximum atomic E-state index is 11.6. The molecule has 0 fully saturated rings. The molecule has 0 aromatic carbocycles. The first-order valence-corrected chi connectivity index (χ1v) is 5.38. The molecule has 4 nitrogen and oxygen atoms in total. The molecule has 1 aliphatic rings. The van der Waals surface area contributed by atoms with E-state index in [1.54, 1.807) is 7.05 Å². The number of aromatic nitrogens is 1. The third kappa shape index (κ3) is 1.71. The summed E-state index contributed by atoms with van der Waals surface area (Å²) in [5.41, 5.74) is 2.55. The molecular weight excluding hydrogens is 192 g/mol. The Morgan fingerprint density at radius 2 is 2.13 bits per heavy atom. The lowest BCUT2D eigenvalue weighted by molar-refractivity contribution is 0.0960. The summed E-state index contributed by atoms with van der Waals surface area (Å²) in [5.74, 6) is -0.110. The van der Waals surface area contributed by atoms with Crippen LogP contribution in [0.25, 0.3) is 0 Å².